The van der Waals surface area contributed by atoms with Crippen LogP contribution in [0.5, 0.6) is 11.5 Å². The minimum atomic E-state index is 0.136. The molecular weight excluding hydrogens is 292 g/mol. The molecule has 2 aromatic carbocycles. The van der Waals surface area contributed by atoms with Gasteiger partial charge in [0.2, 0.25) is 0 Å². The zero-order chi connectivity index (χ0) is 16.2. The molecule has 0 aliphatic carbocycles. The van der Waals surface area contributed by atoms with E-state index in [1.165, 1.54) is 0 Å². The summed E-state index contributed by atoms with van der Waals surface area (Å²) in [6.07, 6.45) is 0. The van der Waals surface area contributed by atoms with E-state index < -0.39 is 0 Å². The van der Waals surface area contributed by atoms with Crippen LogP contribution in [0.15, 0.2) is 48.2 Å². The molecule has 0 amide bonds. The average molecular weight is 308 g/mol. The van der Waals surface area contributed by atoms with Gasteiger partial charge in [-0.1, -0.05) is 30.3 Å². The molecule has 0 bridgehead atoms. The topological polar surface area (TPSA) is 106 Å². The molecule has 23 heavy (non-hydrogen) atoms. The van der Waals surface area contributed by atoms with E-state index in [4.69, 9.17) is 26.3 Å². The fourth-order valence-electron chi connectivity index (χ4n) is 2.38. The van der Waals surface area contributed by atoms with Crippen LogP contribution in [0.25, 0.3) is 16.8 Å². The molecule has 3 rings (SSSR count). The third kappa shape index (κ3) is 2.91. The van der Waals surface area contributed by atoms with Crippen molar-refractivity contribution in [3.8, 4) is 28.7 Å². The standard InChI is InChI=1S/C17H16N4O2/c18-10-14(21-20)17(19)12-3-1-11(2-4-12)13-5-6-15-16(9-13)23-8-7-22-15/h1-6,9,21H,7-8,19-20H2/b17-14-. The summed E-state index contributed by atoms with van der Waals surface area (Å²) in [5, 5.41) is 8.95. The Morgan fingerprint density at radius 1 is 1.00 bits per heavy atom. The molecule has 6 nitrogen and oxygen atoms in total. The second-order valence-corrected chi connectivity index (χ2v) is 4.98. The van der Waals surface area contributed by atoms with Crippen molar-refractivity contribution in [2.24, 2.45) is 11.6 Å². The van der Waals surface area contributed by atoms with Crippen LogP contribution in [0.1, 0.15) is 5.56 Å². The Hall–Kier alpha value is -3.17. The van der Waals surface area contributed by atoms with Crippen molar-refractivity contribution >= 4 is 5.70 Å². The number of nitrogens with one attached hydrogen (secondary N) is 1. The van der Waals surface area contributed by atoms with Gasteiger partial charge in [-0.3, -0.25) is 0 Å². The highest BCUT2D eigenvalue weighted by molar-refractivity contribution is 5.73. The fraction of sp³-hybridized carbons (Fsp3) is 0.118. The molecule has 0 fully saturated rings. The Labute approximate surface area is 133 Å². The van der Waals surface area contributed by atoms with Crippen LogP contribution in [0, 0.1) is 11.3 Å². The Morgan fingerprint density at radius 3 is 2.30 bits per heavy atom. The van der Waals surface area contributed by atoms with Gasteiger partial charge >= 0.3 is 0 Å². The number of allylic oxidation sites excluding steroid dienone is 1. The number of nitriles is 1. The normalized spacial score (nSPS) is 13.7. The molecule has 5 N–H and O–H groups in total. The van der Waals surface area contributed by atoms with Gasteiger partial charge in [0.15, 0.2) is 17.2 Å². The van der Waals surface area contributed by atoms with Crippen molar-refractivity contribution in [1.29, 1.82) is 5.26 Å². The van der Waals surface area contributed by atoms with Gasteiger partial charge in [-0.15, -0.1) is 0 Å². The van der Waals surface area contributed by atoms with E-state index in [9.17, 15) is 0 Å². The van der Waals surface area contributed by atoms with Gasteiger partial charge in [0, 0.05) is 5.56 Å². The SMILES string of the molecule is N#C/C(NN)=C(/N)c1ccc(-c2ccc3c(c2)OCCO3)cc1. The van der Waals surface area contributed by atoms with E-state index in [0.717, 1.165) is 28.2 Å². The lowest BCUT2D eigenvalue weighted by Crippen LogP contribution is -2.23. The summed E-state index contributed by atoms with van der Waals surface area (Å²) in [6.45, 7) is 1.13. The van der Waals surface area contributed by atoms with Crippen LogP contribution in [0.3, 0.4) is 0 Å². The number of hydrazine groups is 1. The van der Waals surface area contributed by atoms with Crippen LogP contribution in [0.4, 0.5) is 0 Å². The Balaban J connectivity index is 1.91. The van der Waals surface area contributed by atoms with Crippen molar-refractivity contribution in [2.75, 3.05) is 13.2 Å². The van der Waals surface area contributed by atoms with Gasteiger partial charge in [-0.25, -0.2) is 5.84 Å². The highest BCUT2D eigenvalue weighted by Crippen LogP contribution is 2.34. The predicted octanol–water partition coefficient (Wildman–Crippen LogP) is 1.74. The van der Waals surface area contributed by atoms with Crippen molar-refractivity contribution < 1.29 is 9.47 Å². The zero-order valence-electron chi connectivity index (χ0n) is 12.4. The molecule has 1 aliphatic heterocycles. The second-order valence-electron chi connectivity index (χ2n) is 4.98. The maximum Gasteiger partial charge on any atom is 0.161 e. The lowest BCUT2D eigenvalue weighted by atomic mass is 10.0. The molecule has 0 spiro atoms. The number of hydrogen-bond donors (Lipinski definition) is 3. The Morgan fingerprint density at radius 2 is 1.65 bits per heavy atom. The summed E-state index contributed by atoms with van der Waals surface area (Å²) in [6, 6.07) is 15.3. The second kappa shape index (κ2) is 6.30. The molecule has 1 heterocycles. The maximum atomic E-state index is 8.95. The highest BCUT2D eigenvalue weighted by atomic mass is 16.6. The number of benzene rings is 2. The number of ether oxygens (including phenoxy) is 2. The van der Waals surface area contributed by atoms with E-state index in [2.05, 4.69) is 5.43 Å². The summed E-state index contributed by atoms with van der Waals surface area (Å²) in [4.78, 5) is 0. The van der Waals surface area contributed by atoms with Crippen molar-refractivity contribution in [1.82, 2.24) is 5.43 Å². The molecule has 0 radical (unpaired) electrons. The minimum Gasteiger partial charge on any atom is -0.486 e. The number of nitrogens with two attached hydrogens (primary N) is 2. The first kappa shape index (κ1) is 14.8. The van der Waals surface area contributed by atoms with E-state index in [1.54, 1.807) is 0 Å². The maximum absolute atomic E-state index is 8.95. The minimum absolute atomic E-state index is 0.136. The predicted molar refractivity (Wildman–Crippen MR) is 86.9 cm³/mol. The van der Waals surface area contributed by atoms with E-state index >= 15 is 0 Å². The largest absolute Gasteiger partial charge is 0.486 e. The number of nitrogens with zero attached hydrogens (tertiary/aromatic N) is 1. The zero-order valence-corrected chi connectivity index (χ0v) is 12.4. The summed E-state index contributed by atoms with van der Waals surface area (Å²) >= 11 is 0. The monoisotopic (exact) mass is 308 g/mol. The van der Waals surface area contributed by atoms with E-state index in [0.29, 0.717) is 18.9 Å². The van der Waals surface area contributed by atoms with E-state index in [-0.39, 0.29) is 5.70 Å². The highest BCUT2D eigenvalue weighted by Gasteiger charge is 2.12. The molecular formula is C17H16N4O2. The molecule has 2 aromatic rings. The first-order valence-corrected chi connectivity index (χ1v) is 7.10. The first-order chi connectivity index (χ1) is 11.2. The molecule has 0 saturated carbocycles. The van der Waals surface area contributed by atoms with Crippen LogP contribution in [-0.2, 0) is 0 Å². The van der Waals surface area contributed by atoms with Gasteiger partial charge in [-0.2, -0.15) is 5.26 Å². The molecule has 0 saturated heterocycles. The van der Waals surface area contributed by atoms with Gasteiger partial charge < -0.3 is 20.6 Å². The molecule has 0 unspecified atom stereocenters. The third-order valence-corrected chi connectivity index (χ3v) is 3.60. The smallest absolute Gasteiger partial charge is 0.161 e. The molecule has 6 heteroatoms. The molecule has 116 valence electrons. The summed E-state index contributed by atoms with van der Waals surface area (Å²) in [5.74, 6) is 6.78. The van der Waals surface area contributed by atoms with Crippen LogP contribution >= 0.6 is 0 Å². The lowest BCUT2D eigenvalue weighted by molar-refractivity contribution is 0.171. The molecule has 1 aliphatic rings. The number of rotatable bonds is 3. The lowest BCUT2D eigenvalue weighted by Gasteiger charge is -2.19. The Bertz CT molecular complexity index is 791. The van der Waals surface area contributed by atoms with Crippen molar-refractivity contribution in [3.05, 3.63) is 53.7 Å². The fourth-order valence-corrected chi connectivity index (χ4v) is 2.38. The molecule has 0 aromatic heterocycles. The molecule has 0 atom stereocenters. The average Bonchev–Trinajstić information content (AvgIpc) is 2.62. The van der Waals surface area contributed by atoms with Gasteiger partial charge in [0.25, 0.3) is 0 Å². The van der Waals surface area contributed by atoms with Gasteiger partial charge in [0.05, 0.1) is 5.70 Å². The van der Waals surface area contributed by atoms with E-state index in [1.807, 2.05) is 48.5 Å². The quantitative estimate of drug-likeness (QED) is 0.453. The van der Waals surface area contributed by atoms with Gasteiger partial charge in [0.1, 0.15) is 19.3 Å². The summed E-state index contributed by atoms with van der Waals surface area (Å²) < 4.78 is 11.1. The Kier molecular flexibility index (Phi) is 4.04. The number of fused-ring (bicyclic) bond motifs is 1. The van der Waals surface area contributed by atoms with Crippen LogP contribution in [0.2, 0.25) is 0 Å². The number of hydrogen-bond acceptors (Lipinski definition) is 6. The first-order valence-electron chi connectivity index (χ1n) is 7.10. The summed E-state index contributed by atoms with van der Waals surface area (Å²) in [7, 11) is 0. The van der Waals surface area contributed by atoms with Gasteiger partial charge in [-0.05, 0) is 23.3 Å². The van der Waals surface area contributed by atoms with Crippen molar-refractivity contribution in [3.63, 3.8) is 0 Å². The van der Waals surface area contributed by atoms with Crippen LogP contribution < -0.4 is 26.5 Å². The third-order valence-electron chi connectivity index (χ3n) is 3.60. The summed E-state index contributed by atoms with van der Waals surface area (Å²) in [5.41, 5.74) is 11.4. The van der Waals surface area contributed by atoms with Crippen LogP contribution in [-0.4, -0.2) is 13.2 Å². The van der Waals surface area contributed by atoms with Crippen molar-refractivity contribution in [2.45, 2.75) is 0 Å².